The van der Waals surface area contributed by atoms with E-state index < -0.39 is 18.4 Å². The molecule has 0 saturated heterocycles. The van der Waals surface area contributed by atoms with Crippen molar-refractivity contribution < 1.29 is 23.6 Å². The highest BCUT2D eigenvalue weighted by atomic mass is 32.2. The molecule has 0 unspecified atom stereocenters. The number of hydrogen-bond donors (Lipinski definition) is 1. The van der Waals surface area contributed by atoms with Crippen LogP contribution in [0.25, 0.3) is 0 Å². The molecule has 7 nitrogen and oxygen atoms in total. The number of carbonyl (C=O) groups excluding carboxylic acids is 3. The van der Waals surface area contributed by atoms with E-state index in [1.165, 1.54) is 18.7 Å². The molecule has 0 amide bonds. The number of rotatable bonds is 8. The maximum atomic E-state index is 12.6. The Kier molecular flexibility index (Phi) is 6.56. The van der Waals surface area contributed by atoms with Crippen molar-refractivity contribution in [3.8, 4) is 0 Å². The fourth-order valence-electron chi connectivity index (χ4n) is 3.23. The fourth-order valence-corrected chi connectivity index (χ4v) is 4.15. The van der Waals surface area contributed by atoms with Crippen LogP contribution < -0.4 is 0 Å². The molecular formula is C22H22N2O5S. The van der Waals surface area contributed by atoms with Gasteiger partial charge in [-0.05, 0) is 45.4 Å². The maximum absolute atomic E-state index is 12.6. The first-order valence-electron chi connectivity index (χ1n) is 9.32. The lowest BCUT2D eigenvalue weighted by atomic mass is 10.1. The van der Waals surface area contributed by atoms with E-state index >= 15 is 0 Å². The van der Waals surface area contributed by atoms with Crippen molar-refractivity contribution in [2.45, 2.75) is 38.3 Å². The zero-order chi connectivity index (χ0) is 21.8. The van der Waals surface area contributed by atoms with Gasteiger partial charge in [-0.15, -0.1) is 11.8 Å². The molecule has 0 bridgehead atoms. The minimum Gasteiger partial charge on any atom is -0.454 e. The molecule has 2 aromatic heterocycles. The molecule has 156 valence electrons. The minimum absolute atomic E-state index is 0.120. The second-order valence-electron chi connectivity index (χ2n) is 6.90. The van der Waals surface area contributed by atoms with E-state index in [9.17, 15) is 14.4 Å². The molecule has 1 N–H and O–H groups in total. The van der Waals surface area contributed by atoms with Crippen molar-refractivity contribution in [2.75, 3.05) is 6.61 Å². The molecule has 1 aromatic carbocycles. The summed E-state index contributed by atoms with van der Waals surface area (Å²) in [7, 11) is 0. The number of aromatic nitrogens is 2. The van der Waals surface area contributed by atoms with Gasteiger partial charge in [0.1, 0.15) is 5.76 Å². The van der Waals surface area contributed by atoms with Crippen LogP contribution in [0.2, 0.25) is 0 Å². The summed E-state index contributed by atoms with van der Waals surface area (Å²) in [6, 6.07) is 8.86. The molecule has 3 rings (SSSR count). The Balaban J connectivity index is 1.67. The largest absolute Gasteiger partial charge is 0.454 e. The third kappa shape index (κ3) is 4.71. The van der Waals surface area contributed by atoms with Crippen molar-refractivity contribution in [1.82, 2.24) is 10.1 Å². The quantitative estimate of drug-likeness (QED) is 0.322. The number of carbonyl (C=O) groups is 3. The average Bonchev–Trinajstić information content (AvgIpc) is 3.26. The summed E-state index contributed by atoms with van der Waals surface area (Å²) >= 11 is 1.42. The number of aromatic amines is 1. The maximum Gasteiger partial charge on any atom is 0.339 e. The summed E-state index contributed by atoms with van der Waals surface area (Å²) in [5.41, 5.74) is 3.14. The van der Waals surface area contributed by atoms with Gasteiger partial charge >= 0.3 is 5.97 Å². The van der Waals surface area contributed by atoms with Gasteiger partial charge in [-0.2, -0.15) is 0 Å². The standard InChI is InChI=1S/C22H22N2O5S/c1-12-9-16(29-24-12)11-30-19-8-6-5-7-17(19)22(27)28-10-18(26)21-13(2)20(15(4)25)14(3)23-21/h5-9,23H,10-11H2,1-4H3. The lowest BCUT2D eigenvalue weighted by molar-refractivity contribution is 0.0470. The molecule has 0 saturated carbocycles. The van der Waals surface area contributed by atoms with E-state index in [-0.39, 0.29) is 11.5 Å². The molecule has 0 aliphatic rings. The first kappa shape index (κ1) is 21.6. The number of esters is 1. The topological polar surface area (TPSA) is 102 Å². The molecule has 0 aliphatic carbocycles. The molecule has 0 radical (unpaired) electrons. The van der Waals surface area contributed by atoms with Crippen LogP contribution in [0.5, 0.6) is 0 Å². The number of nitrogens with zero attached hydrogens (tertiary/aromatic N) is 1. The Hall–Kier alpha value is -3.13. The summed E-state index contributed by atoms with van der Waals surface area (Å²) in [5, 5.41) is 3.85. The van der Waals surface area contributed by atoms with Crippen molar-refractivity contribution in [3.63, 3.8) is 0 Å². The van der Waals surface area contributed by atoms with Crippen LogP contribution in [0, 0.1) is 20.8 Å². The predicted molar refractivity (Wildman–Crippen MR) is 112 cm³/mol. The summed E-state index contributed by atoms with van der Waals surface area (Å²) in [6.07, 6.45) is 0. The van der Waals surface area contributed by atoms with Gasteiger partial charge in [0.05, 0.1) is 22.7 Å². The van der Waals surface area contributed by atoms with E-state index in [0.29, 0.717) is 33.9 Å². The number of Topliss-reactive ketones (excluding diaryl/α,β-unsaturated/α-hetero) is 2. The Labute approximate surface area is 178 Å². The summed E-state index contributed by atoms with van der Waals surface area (Å²) in [6.45, 7) is 6.30. The highest BCUT2D eigenvalue weighted by Crippen LogP contribution is 2.27. The Bertz CT molecular complexity index is 1110. The zero-order valence-corrected chi connectivity index (χ0v) is 18.0. The lowest BCUT2D eigenvalue weighted by Gasteiger charge is -2.08. The van der Waals surface area contributed by atoms with Crippen LogP contribution in [0.1, 0.15) is 60.8 Å². The molecule has 30 heavy (non-hydrogen) atoms. The van der Waals surface area contributed by atoms with E-state index in [0.717, 1.165) is 10.6 Å². The van der Waals surface area contributed by atoms with E-state index in [2.05, 4.69) is 10.1 Å². The second kappa shape index (κ2) is 9.13. The van der Waals surface area contributed by atoms with Gasteiger partial charge in [-0.25, -0.2) is 4.79 Å². The van der Waals surface area contributed by atoms with Gasteiger partial charge in [0.25, 0.3) is 0 Å². The van der Waals surface area contributed by atoms with Gasteiger partial charge in [0, 0.05) is 22.2 Å². The average molecular weight is 426 g/mol. The van der Waals surface area contributed by atoms with Crippen LogP contribution >= 0.6 is 11.8 Å². The third-order valence-corrected chi connectivity index (χ3v) is 5.65. The minimum atomic E-state index is -0.590. The van der Waals surface area contributed by atoms with Crippen LogP contribution in [0.15, 0.2) is 39.8 Å². The van der Waals surface area contributed by atoms with Crippen LogP contribution in [-0.2, 0) is 10.5 Å². The van der Waals surface area contributed by atoms with Crippen LogP contribution in [0.4, 0.5) is 0 Å². The molecule has 0 aliphatic heterocycles. The molecule has 0 fully saturated rings. The smallest absolute Gasteiger partial charge is 0.339 e. The van der Waals surface area contributed by atoms with Crippen molar-refractivity contribution in [2.24, 2.45) is 0 Å². The molecule has 0 spiro atoms. The van der Waals surface area contributed by atoms with Crippen LogP contribution in [0.3, 0.4) is 0 Å². The summed E-state index contributed by atoms with van der Waals surface area (Å²) < 4.78 is 10.5. The SMILES string of the molecule is CC(=O)c1c(C)[nH]c(C(=O)COC(=O)c2ccccc2SCc2cc(C)no2)c1C. The van der Waals surface area contributed by atoms with Gasteiger partial charge in [-0.1, -0.05) is 17.3 Å². The van der Waals surface area contributed by atoms with E-state index in [1.807, 2.05) is 25.1 Å². The number of ketones is 2. The second-order valence-corrected chi connectivity index (χ2v) is 7.92. The zero-order valence-electron chi connectivity index (χ0n) is 17.2. The van der Waals surface area contributed by atoms with Gasteiger partial charge in [0.15, 0.2) is 12.4 Å². The number of benzene rings is 1. The Morgan fingerprint density at radius 1 is 1.17 bits per heavy atom. The number of ether oxygens (including phenoxy) is 1. The normalized spacial score (nSPS) is 10.8. The van der Waals surface area contributed by atoms with E-state index in [1.54, 1.807) is 26.0 Å². The van der Waals surface area contributed by atoms with Crippen molar-refractivity contribution in [3.05, 3.63) is 69.9 Å². The summed E-state index contributed by atoms with van der Waals surface area (Å²) in [4.78, 5) is 40.5. The molecular weight excluding hydrogens is 404 g/mol. The Morgan fingerprint density at radius 3 is 2.53 bits per heavy atom. The molecule has 3 aromatic rings. The van der Waals surface area contributed by atoms with Crippen molar-refractivity contribution in [1.29, 1.82) is 0 Å². The number of aryl methyl sites for hydroxylation is 2. The monoisotopic (exact) mass is 426 g/mol. The molecule has 8 heteroatoms. The Morgan fingerprint density at radius 2 is 1.90 bits per heavy atom. The number of hydrogen-bond acceptors (Lipinski definition) is 7. The molecule has 2 heterocycles. The third-order valence-electron chi connectivity index (χ3n) is 4.56. The first-order valence-corrected chi connectivity index (χ1v) is 10.3. The van der Waals surface area contributed by atoms with Crippen molar-refractivity contribution >= 4 is 29.3 Å². The predicted octanol–water partition coefficient (Wildman–Crippen LogP) is 4.46. The van der Waals surface area contributed by atoms with Gasteiger partial charge in [0.2, 0.25) is 5.78 Å². The molecule has 0 atom stereocenters. The lowest BCUT2D eigenvalue weighted by Crippen LogP contribution is -2.16. The van der Waals surface area contributed by atoms with Gasteiger partial charge < -0.3 is 14.2 Å². The number of thioether (sulfide) groups is 1. The highest BCUT2D eigenvalue weighted by Gasteiger charge is 2.21. The number of H-pyrrole nitrogens is 1. The fraction of sp³-hybridized carbons (Fsp3) is 0.273. The highest BCUT2D eigenvalue weighted by molar-refractivity contribution is 7.98. The van der Waals surface area contributed by atoms with Gasteiger partial charge in [-0.3, -0.25) is 9.59 Å². The van der Waals surface area contributed by atoms with Crippen LogP contribution in [-0.4, -0.2) is 34.3 Å². The number of nitrogens with one attached hydrogen (secondary N) is 1. The summed E-state index contributed by atoms with van der Waals surface area (Å²) in [5.74, 6) is 0.116. The first-order chi connectivity index (χ1) is 14.3. The van der Waals surface area contributed by atoms with E-state index in [4.69, 9.17) is 9.26 Å².